The van der Waals surface area contributed by atoms with E-state index in [-0.39, 0.29) is 5.78 Å². The highest BCUT2D eigenvalue weighted by molar-refractivity contribution is 6.17. The maximum Gasteiger partial charge on any atom is 0.217 e. The minimum atomic E-state index is 0.0725. The largest absolute Gasteiger partial charge is 0.445 e. The van der Waals surface area contributed by atoms with Gasteiger partial charge in [0.15, 0.2) is 16.9 Å². The van der Waals surface area contributed by atoms with E-state index >= 15 is 0 Å². The van der Waals surface area contributed by atoms with Gasteiger partial charge in [0, 0.05) is 6.42 Å². The second-order valence-electron chi connectivity index (χ2n) is 4.20. The third-order valence-corrected chi connectivity index (χ3v) is 3.00. The Balaban J connectivity index is 1.68. The Morgan fingerprint density at radius 2 is 1.82 bits per heavy atom. The molecule has 0 radical (unpaired) electrons. The summed E-state index contributed by atoms with van der Waals surface area (Å²) < 4.78 is 10.4. The molecule has 0 aliphatic rings. The summed E-state index contributed by atoms with van der Waals surface area (Å²) in [5.41, 5.74) is 4.67. The molecule has 2 heterocycles. The number of Topliss-reactive ketones (excluding diaryl/α,β-unsaturated/α-hetero) is 1. The number of hydrogen-bond donors (Lipinski definition) is 0. The van der Waals surface area contributed by atoms with E-state index in [0.29, 0.717) is 17.6 Å². The average molecular weight is 224 g/mol. The van der Waals surface area contributed by atoms with Crippen molar-refractivity contribution >= 4 is 28.1 Å². The molecule has 3 heteroatoms. The third kappa shape index (κ3) is 1.32. The summed E-state index contributed by atoms with van der Waals surface area (Å²) in [6.07, 6.45) is 0.398. The molecule has 0 bridgehead atoms. The van der Waals surface area contributed by atoms with Gasteiger partial charge in [-0.25, -0.2) is 0 Å². The summed E-state index contributed by atoms with van der Waals surface area (Å²) in [4.78, 5) is 12.1. The standard InChI is InChI=1S/C14H8O3/c15-10(6-8-4-2-1-3-5-8)9-7-11-13(16-11)14-12(9)17-14/h1-5,7H,6H2. The van der Waals surface area contributed by atoms with E-state index in [1.54, 1.807) is 6.07 Å². The zero-order valence-corrected chi connectivity index (χ0v) is 8.90. The number of hydrogen-bond acceptors (Lipinski definition) is 3. The highest BCUT2D eigenvalue weighted by atomic mass is 16.4. The van der Waals surface area contributed by atoms with Crippen molar-refractivity contribution in [2.24, 2.45) is 0 Å². The minimum absolute atomic E-state index is 0.0725. The van der Waals surface area contributed by atoms with E-state index < -0.39 is 0 Å². The fourth-order valence-corrected chi connectivity index (χ4v) is 2.02. The van der Waals surface area contributed by atoms with Crippen molar-refractivity contribution in [2.75, 3.05) is 0 Å². The SMILES string of the molecule is O=C(Cc1ccccc1)c1cc2oc2c2oc12. The second kappa shape index (κ2) is 2.88. The Morgan fingerprint density at radius 3 is 2.65 bits per heavy atom. The summed E-state index contributed by atoms with van der Waals surface area (Å²) in [5, 5.41) is 0. The molecular formula is C14H8O3. The van der Waals surface area contributed by atoms with Crippen LogP contribution in [0.2, 0.25) is 0 Å². The molecule has 0 amide bonds. The molecule has 0 N–H and O–H groups in total. The van der Waals surface area contributed by atoms with Gasteiger partial charge in [-0.05, 0) is 11.6 Å². The molecular weight excluding hydrogens is 216 g/mol. The van der Waals surface area contributed by atoms with Crippen molar-refractivity contribution in [3.05, 3.63) is 47.5 Å². The molecule has 0 unspecified atom stereocenters. The zero-order valence-electron chi connectivity index (χ0n) is 8.90. The van der Waals surface area contributed by atoms with Crippen LogP contribution in [-0.4, -0.2) is 5.78 Å². The van der Waals surface area contributed by atoms with Crippen molar-refractivity contribution in [1.29, 1.82) is 0 Å². The lowest BCUT2D eigenvalue weighted by Crippen LogP contribution is -2.02. The smallest absolute Gasteiger partial charge is 0.217 e. The van der Waals surface area contributed by atoms with Crippen LogP contribution in [0.1, 0.15) is 15.9 Å². The van der Waals surface area contributed by atoms with E-state index in [2.05, 4.69) is 0 Å². The van der Waals surface area contributed by atoms with Crippen LogP contribution in [0.4, 0.5) is 0 Å². The Morgan fingerprint density at radius 1 is 1.00 bits per heavy atom. The van der Waals surface area contributed by atoms with Gasteiger partial charge in [-0.1, -0.05) is 30.3 Å². The number of rotatable bonds is 3. The lowest BCUT2D eigenvalue weighted by Gasteiger charge is -1.98. The number of fused-ring (bicyclic) bond motifs is 3. The summed E-state index contributed by atoms with van der Waals surface area (Å²) in [5.74, 6) is 0.0725. The molecule has 0 fully saturated rings. The van der Waals surface area contributed by atoms with Gasteiger partial charge in [0.2, 0.25) is 11.2 Å². The van der Waals surface area contributed by atoms with Crippen molar-refractivity contribution < 1.29 is 13.6 Å². The van der Waals surface area contributed by atoms with Gasteiger partial charge in [0.1, 0.15) is 0 Å². The summed E-state index contributed by atoms with van der Waals surface area (Å²) in [6, 6.07) is 11.5. The van der Waals surface area contributed by atoms with Gasteiger partial charge >= 0.3 is 0 Å². The van der Waals surface area contributed by atoms with Crippen LogP contribution in [-0.2, 0) is 6.42 Å². The average Bonchev–Trinajstić information content (AvgIpc) is 3.20. The van der Waals surface area contributed by atoms with Crippen molar-refractivity contribution in [3.63, 3.8) is 0 Å². The lowest BCUT2D eigenvalue weighted by atomic mass is 10.0. The van der Waals surface area contributed by atoms with Crippen LogP contribution in [0.15, 0.2) is 45.2 Å². The molecule has 3 nitrogen and oxygen atoms in total. The molecule has 0 spiro atoms. The molecule has 17 heavy (non-hydrogen) atoms. The van der Waals surface area contributed by atoms with E-state index in [1.807, 2.05) is 30.3 Å². The van der Waals surface area contributed by atoms with E-state index in [0.717, 1.165) is 22.3 Å². The predicted molar refractivity (Wildman–Crippen MR) is 62.8 cm³/mol. The number of carbonyl (C=O) groups excluding carboxylic acids is 1. The molecule has 0 saturated carbocycles. The molecule has 0 aliphatic carbocycles. The predicted octanol–water partition coefficient (Wildman–Crippen LogP) is 3.48. The van der Waals surface area contributed by atoms with Gasteiger partial charge in [0.25, 0.3) is 0 Å². The van der Waals surface area contributed by atoms with Crippen molar-refractivity contribution in [3.8, 4) is 0 Å². The third-order valence-electron chi connectivity index (χ3n) is 3.00. The molecule has 0 saturated heterocycles. The quantitative estimate of drug-likeness (QED) is 0.500. The lowest BCUT2D eigenvalue weighted by molar-refractivity contribution is 0.0994. The number of ketones is 1. The Bertz CT molecular complexity index is 776. The second-order valence-corrected chi connectivity index (χ2v) is 4.20. The number of benzene rings is 2. The Labute approximate surface area is 96.3 Å². The van der Waals surface area contributed by atoms with E-state index in [1.165, 1.54) is 0 Å². The van der Waals surface area contributed by atoms with Gasteiger partial charge in [-0.2, -0.15) is 0 Å². The van der Waals surface area contributed by atoms with Gasteiger partial charge in [-0.15, -0.1) is 0 Å². The highest BCUT2D eigenvalue weighted by Crippen LogP contribution is 2.41. The van der Waals surface area contributed by atoms with E-state index in [9.17, 15) is 4.79 Å². The topological polar surface area (TPSA) is 43.4 Å². The van der Waals surface area contributed by atoms with Gasteiger partial charge in [-0.3, -0.25) is 4.79 Å². The monoisotopic (exact) mass is 224 g/mol. The number of carbonyl (C=O) groups is 1. The Hall–Kier alpha value is -2.29. The van der Waals surface area contributed by atoms with Crippen LogP contribution in [0.3, 0.4) is 0 Å². The molecule has 0 aliphatic heterocycles. The minimum Gasteiger partial charge on any atom is -0.445 e. The highest BCUT2D eigenvalue weighted by Gasteiger charge is 2.28. The van der Waals surface area contributed by atoms with E-state index in [4.69, 9.17) is 8.83 Å². The van der Waals surface area contributed by atoms with Crippen molar-refractivity contribution in [1.82, 2.24) is 0 Å². The fraction of sp³-hybridized carbons (Fsp3) is 0.0714. The fourth-order valence-electron chi connectivity index (χ4n) is 2.02. The molecule has 4 aromatic rings. The van der Waals surface area contributed by atoms with Crippen LogP contribution in [0.25, 0.3) is 22.3 Å². The maximum absolute atomic E-state index is 12.1. The molecule has 2 aromatic carbocycles. The summed E-state index contributed by atoms with van der Waals surface area (Å²) >= 11 is 0. The van der Waals surface area contributed by atoms with Crippen molar-refractivity contribution in [2.45, 2.75) is 6.42 Å². The summed E-state index contributed by atoms with van der Waals surface area (Å²) in [6.45, 7) is 0. The van der Waals surface area contributed by atoms with Gasteiger partial charge in [0.05, 0.1) is 5.56 Å². The van der Waals surface area contributed by atoms with Gasteiger partial charge < -0.3 is 8.83 Å². The summed E-state index contributed by atoms with van der Waals surface area (Å²) in [7, 11) is 0. The first-order valence-corrected chi connectivity index (χ1v) is 5.47. The molecule has 82 valence electrons. The first-order chi connectivity index (χ1) is 8.33. The zero-order chi connectivity index (χ0) is 11.4. The first kappa shape index (κ1) is 8.82. The first-order valence-electron chi connectivity index (χ1n) is 5.47. The van der Waals surface area contributed by atoms with Crippen LogP contribution in [0.5, 0.6) is 0 Å². The Kier molecular flexibility index (Phi) is 1.50. The van der Waals surface area contributed by atoms with Crippen LogP contribution >= 0.6 is 0 Å². The molecule has 4 rings (SSSR count). The molecule has 2 aromatic heterocycles. The maximum atomic E-state index is 12.1. The van der Waals surface area contributed by atoms with Crippen LogP contribution in [0, 0.1) is 0 Å². The molecule has 0 atom stereocenters. The van der Waals surface area contributed by atoms with Crippen LogP contribution < -0.4 is 0 Å². The normalized spacial score (nSPS) is 12.0.